The third kappa shape index (κ3) is 6.40. The molecule has 0 unspecified atom stereocenters. The minimum Gasteiger partial charge on any atom is -0.338 e. The Hall–Kier alpha value is -1.88. The third-order valence-electron chi connectivity index (χ3n) is 4.23. The molecule has 0 spiro atoms. The van der Waals surface area contributed by atoms with E-state index < -0.39 is 6.03 Å². The van der Waals surface area contributed by atoms with Crippen LogP contribution in [0.25, 0.3) is 0 Å². The number of amides is 3. The van der Waals surface area contributed by atoms with Gasteiger partial charge in [-0.2, -0.15) is 0 Å². The molecule has 0 atom stereocenters. The third-order valence-corrected chi connectivity index (χ3v) is 4.23. The Balaban J connectivity index is 1.66. The fourth-order valence-corrected chi connectivity index (χ4v) is 2.95. The first-order valence-electron chi connectivity index (χ1n) is 8.51. The predicted molar refractivity (Wildman–Crippen MR) is 91.1 cm³/mol. The van der Waals surface area contributed by atoms with Crippen LogP contribution in [0, 0.1) is 5.92 Å². The molecule has 1 aliphatic rings. The molecule has 3 amide bonds. The summed E-state index contributed by atoms with van der Waals surface area (Å²) in [6.07, 6.45) is 4.17. The van der Waals surface area contributed by atoms with E-state index in [0.29, 0.717) is 19.0 Å². The summed E-state index contributed by atoms with van der Waals surface area (Å²) in [5.74, 6) is 0.463. The van der Waals surface area contributed by atoms with Crippen LogP contribution >= 0.6 is 0 Å². The number of piperidine rings is 1. The van der Waals surface area contributed by atoms with Crippen LogP contribution in [0.4, 0.5) is 4.79 Å². The van der Waals surface area contributed by atoms with E-state index in [1.54, 1.807) is 0 Å². The Morgan fingerprint density at radius 1 is 1.17 bits per heavy atom. The van der Waals surface area contributed by atoms with Crippen LogP contribution in [0.1, 0.15) is 31.7 Å². The van der Waals surface area contributed by atoms with Crippen molar-refractivity contribution in [2.45, 2.75) is 32.6 Å². The van der Waals surface area contributed by atoms with Gasteiger partial charge in [0.05, 0.1) is 6.54 Å². The van der Waals surface area contributed by atoms with Crippen molar-refractivity contribution in [1.82, 2.24) is 15.5 Å². The van der Waals surface area contributed by atoms with E-state index in [1.807, 2.05) is 13.0 Å². The SMILES string of the molecule is CCCNC(=O)NC(=O)CN1CCC(Cc2ccccc2)CC1. The quantitative estimate of drug-likeness (QED) is 0.845. The molecule has 0 aromatic heterocycles. The molecule has 0 saturated carbocycles. The molecule has 1 aromatic carbocycles. The molecule has 1 saturated heterocycles. The van der Waals surface area contributed by atoms with Crippen molar-refractivity contribution < 1.29 is 9.59 Å². The number of hydrogen-bond acceptors (Lipinski definition) is 3. The van der Waals surface area contributed by atoms with Gasteiger partial charge < -0.3 is 5.32 Å². The van der Waals surface area contributed by atoms with E-state index in [-0.39, 0.29) is 5.91 Å². The topological polar surface area (TPSA) is 61.4 Å². The van der Waals surface area contributed by atoms with Gasteiger partial charge in [-0.05, 0) is 50.3 Å². The number of carbonyl (C=O) groups excluding carboxylic acids is 2. The first-order chi connectivity index (χ1) is 11.2. The minimum absolute atomic E-state index is 0.222. The number of rotatable bonds is 6. The smallest absolute Gasteiger partial charge is 0.321 e. The normalized spacial score (nSPS) is 16.0. The molecular weight excluding hydrogens is 290 g/mol. The zero-order valence-electron chi connectivity index (χ0n) is 13.9. The first kappa shape index (κ1) is 17.5. The lowest BCUT2D eigenvalue weighted by molar-refractivity contribution is -0.121. The summed E-state index contributed by atoms with van der Waals surface area (Å²) in [5.41, 5.74) is 1.39. The molecular formula is C18H27N3O2. The van der Waals surface area contributed by atoms with Crippen LogP contribution in [0.5, 0.6) is 0 Å². The summed E-state index contributed by atoms with van der Waals surface area (Å²) < 4.78 is 0. The second-order valence-electron chi connectivity index (χ2n) is 6.21. The van der Waals surface area contributed by atoms with Crippen molar-refractivity contribution in [3.63, 3.8) is 0 Å². The van der Waals surface area contributed by atoms with E-state index in [0.717, 1.165) is 38.8 Å². The van der Waals surface area contributed by atoms with Gasteiger partial charge in [0.15, 0.2) is 0 Å². The van der Waals surface area contributed by atoms with Crippen molar-refractivity contribution in [2.24, 2.45) is 5.92 Å². The van der Waals surface area contributed by atoms with Gasteiger partial charge in [-0.3, -0.25) is 15.0 Å². The number of nitrogens with zero attached hydrogens (tertiary/aromatic N) is 1. The van der Waals surface area contributed by atoms with Gasteiger partial charge in [-0.15, -0.1) is 0 Å². The molecule has 0 aliphatic carbocycles. The fraction of sp³-hybridized carbons (Fsp3) is 0.556. The highest BCUT2D eigenvalue weighted by atomic mass is 16.2. The van der Waals surface area contributed by atoms with E-state index in [9.17, 15) is 9.59 Å². The lowest BCUT2D eigenvalue weighted by Gasteiger charge is -2.31. The largest absolute Gasteiger partial charge is 0.338 e. The molecule has 1 aliphatic heterocycles. The number of likely N-dealkylation sites (tertiary alicyclic amines) is 1. The number of hydrogen-bond donors (Lipinski definition) is 2. The molecule has 2 N–H and O–H groups in total. The highest BCUT2D eigenvalue weighted by Gasteiger charge is 2.21. The number of benzene rings is 1. The summed E-state index contributed by atoms with van der Waals surface area (Å²) in [6, 6.07) is 10.2. The van der Waals surface area contributed by atoms with Gasteiger partial charge in [0.25, 0.3) is 0 Å². The van der Waals surface area contributed by atoms with Crippen LogP contribution in [0.3, 0.4) is 0 Å². The second-order valence-corrected chi connectivity index (χ2v) is 6.21. The summed E-state index contributed by atoms with van der Waals surface area (Å²) in [4.78, 5) is 25.4. The maximum atomic E-state index is 11.8. The Morgan fingerprint density at radius 2 is 1.87 bits per heavy atom. The van der Waals surface area contributed by atoms with E-state index in [2.05, 4.69) is 39.8 Å². The highest BCUT2D eigenvalue weighted by Crippen LogP contribution is 2.21. The lowest BCUT2D eigenvalue weighted by atomic mass is 9.90. The molecule has 5 nitrogen and oxygen atoms in total. The first-order valence-corrected chi connectivity index (χ1v) is 8.51. The Morgan fingerprint density at radius 3 is 2.52 bits per heavy atom. The molecule has 1 fully saturated rings. The lowest BCUT2D eigenvalue weighted by Crippen LogP contribution is -2.46. The minimum atomic E-state index is -0.393. The molecule has 2 rings (SSSR count). The summed E-state index contributed by atoms with van der Waals surface area (Å²) in [6.45, 7) is 4.70. The van der Waals surface area contributed by atoms with Crippen molar-refractivity contribution in [2.75, 3.05) is 26.2 Å². The van der Waals surface area contributed by atoms with Crippen LogP contribution < -0.4 is 10.6 Å². The van der Waals surface area contributed by atoms with Gasteiger partial charge in [-0.1, -0.05) is 37.3 Å². The number of imide groups is 1. The van der Waals surface area contributed by atoms with E-state index in [1.165, 1.54) is 5.56 Å². The molecule has 1 aromatic rings. The predicted octanol–water partition coefficient (Wildman–Crippen LogP) is 2.18. The van der Waals surface area contributed by atoms with E-state index in [4.69, 9.17) is 0 Å². The molecule has 23 heavy (non-hydrogen) atoms. The molecule has 0 bridgehead atoms. The number of urea groups is 1. The summed E-state index contributed by atoms with van der Waals surface area (Å²) >= 11 is 0. The van der Waals surface area contributed by atoms with Gasteiger partial charge in [0.2, 0.25) is 5.91 Å². The maximum Gasteiger partial charge on any atom is 0.321 e. The average molecular weight is 317 g/mol. The van der Waals surface area contributed by atoms with Crippen LogP contribution in [-0.2, 0) is 11.2 Å². The van der Waals surface area contributed by atoms with E-state index >= 15 is 0 Å². The van der Waals surface area contributed by atoms with Gasteiger partial charge in [0, 0.05) is 6.54 Å². The number of carbonyl (C=O) groups is 2. The second kappa shape index (κ2) is 9.30. The monoisotopic (exact) mass is 317 g/mol. The van der Waals surface area contributed by atoms with Gasteiger partial charge in [0.1, 0.15) is 0 Å². The van der Waals surface area contributed by atoms with Crippen LogP contribution in [0.2, 0.25) is 0 Å². The summed E-state index contributed by atoms with van der Waals surface area (Å²) in [5, 5.41) is 5.03. The van der Waals surface area contributed by atoms with Crippen molar-refractivity contribution in [3.05, 3.63) is 35.9 Å². The van der Waals surface area contributed by atoms with Crippen molar-refractivity contribution >= 4 is 11.9 Å². The molecule has 1 heterocycles. The van der Waals surface area contributed by atoms with Gasteiger partial charge >= 0.3 is 6.03 Å². The van der Waals surface area contributed by atoms with Crippen molar-refractivity contribution in [3.8, 4) is 0 Å². The Labute approximate surface area is 138 Å². The molecule has 126 valence electrons. The maximum absolute atomic E-state index is 11.8. The van der Waals surface area contributed by atoms with Crippen LogP contribution in [0.15, 0.2) is 30.3 Å². The molecule has 5 heteroatoms. The highest BCUT2D eigenvalue weighted by molar-refractivity contribution is 5.95. The van der Waals surface area contributed by atoms with Gasteiger partial charge in [-0.25, -0.2) is 4.79 Å². The zero-order valence-corrected chi connectivity index (χ0v) is 13.9. The molecule has 0 radical (unpaired) electrons. The number of nitrogens with one attached hydrogen (secondary N) is 2. The zero-order chi connectivity index (χ0) is 16.5. The summed E-state index contributed by atoms with van der Waals surface area (Å²) in [7, 11) is 0. The van der Waals surface area contributed by atoms with Crippen molar-refractivity contribution in [1.29, 1.82) is 0 Å². The average Bonchev–Trinajstić information content (AvgIpc) is 2.55. The Kier molecular flexibility index (Phi) is 7.07. The standard InChI is InChI=1S/C18H27N3O2/c1-2-10-19-18(23)20-17(22)14-21-11-8-16(9-12-21)13-15-6-4-3-5-7-15/h3-7,16H,2,8-14H2,1H3,(H2,19,20,22,23). The Bertz CT molecular complexity index is 496. The fourth-order valence-electron chi connectivity index (χ4n) is 2.95. The van der Waals surface area contributed by atoms with Crippen LogP contribution in [-0.4, -0.2) is 43.0 Å².